The molecule has 6 heteroatoms. The molecule has 0 aliphatic heterocycles. The van der Waals surface area contributed by atoms with Gasteiger partial charge in [-0.05, 0) is 26.2 Å². The van der Waals surface area contributed by atoms with Crippen LogP contribution < -0.4 is 0 Å². The Hall–Kier alpha value is -1.43. The van der Waals surface area contributed by atoms with Gasteiger partial charge >= 0.3 is 0 Å². The van der Waals surface area contributed by atoms with Crippen molar-refractivity contribution in [2.45, 2.75) is 19.1 Å². The molecule has 108 valence electrons. The molecule has 2 rings (SSSR count). The summed E-state index contributed by atoms with van der Waals surface area (Å²) in [6.07, 6.45) is 3.01. The van der Waals surface area contributed by atoms with Gasteiger partial charge in [0.1, 0.15) is 6.10 Å². The van der Waals surface area contributed by atoms with Crippen molar-refractivity contribution in [2.75, 3.05) is 20.6 Å². The number of aromatic nitrogens is 3. The summed E-state index contributed by atoms with van der Waals surface area (Å²) >= 11 is 6.14. The Bertz CT molecular complexity index is 541. The second-order valence-corrected chi connectivity index (χ2v) is 5.35. The van der Waals surface area contributed by atoms with Crippen molar-refractivity contribution in [3.63, 3.8) is 0 Å². The first-order valence-electron chi connectivity index (χ1n) is 6.52. The molecule has 0 aromatic carbocycles. The predicted octanol–water partition coefficient (Wildman–Crippen LogP) is 1.77. The van der Waals surface area contributed by atoms with Crippen molar-refractivity contribution in [1.29, 1.82) is 0 Å². The third-order valence-electron chi connectivity index (χ3n) is 3.04. The van der Waals surface area contributed by atoms with Crippen LogP contribution in [0.5, 0.6) is 0 Å². The lowest BCUT2D eigenvalue weighted by Gasteiger charge is -2.15. The zero-order valence-corrected chi connectivity index (χ0v) is 12.5. The first-order valence-corrected chi connectivity index (χ1v) is 6.89. The number of rotatable bonds is 6. The van der Waals surface area contributed by atoms with Crippen LogP contribution in [0.15, 0.2) is 30.6 Å². The quantitative estimate of drug-likeness (QED) is 0.882. The molecule has 0 saturated carbocycles. The second-order valence-electron chi connectivity index (χ2n) is 4.95. The molecule has 0 saturated heterocycles. The molecule has 0 fully saturated rings. The summed E-state index contributed by atoms with van der Waals surface area (Å²) in [5.74, 6) is 0. The molecular weight excluding hydrogens is 276 g/mol. The average Bonchev–Trinajstić information content (AvgIpc) is 2.78. The number of hydrogen-bond acceptors (Lipinski definition) is 4. The molecule has 0 radical (unpaired) electrons. The Labute approximate surface area is 123 Å². The Morgan fingerprint density at radius 3 is 2.85 bits per heavy atom. The van der Waals surface area contributed by atoms with E-state index in [1.165, 1.54) is 0 Å². The van der Waals surface area contributed by atoms with Crippen LogP contribution in [0, 0.1) is 0 Å². The lowest BCUT2D eigenvalue weighted by molar-refractivity contribution is 0.164. The Balaban J connectivity index is 2.12. The largest absolute Gasteiger partial charge is 0.386 e. The van der Waals surface area contributed by atoms with Gasteiger partial charge in [-0.25, -0.2) is 0 Å². The SMILES string of the molecule is CN(C)CCn1ncc(Cl)c1C(O)Cc1ccccn1. The van der Waals surface area contributed by atoms with E-state index in [1.807, 2.05) is 32.3 Å². The van der Waals surface area contributed by atoms with Gasteiger partial charge in [0.2, 0.25) is 0 Å². The second kappa shape index (κ2) is 6.83. The number of nitrogens with zero attached hydrogens (tertiary/aromatic N) is 4. The molecule has 2 aromatic rings. The lowest BCUT2D eigenvalue weighted by Crippen LogP contribution is -2.21. The van der Waals surface area contributed by atoms with E-state index in [9.17, 15) is 5.11 Å². The molecule has 1 N–H and O–H groups in total. The maximum Gasteiger partial charge on any atom is 0.103 e. The van der Waals surface area contributed by atoms with Crippen molar-refractivity contribution in [2.24, 2.45) is 0 Å². The smallest absolute Gasteiger partial charge is 0.103 e. The van der Waals surface area contributed by atoms with E-state index < -0.39 is 6.10 Å². The van der Waals surface area contributed by atoms with Crippen molar-refractivity contribution < 1.29 is 5.11 Å². The van der Waals surface area contributed by atoms with Gasteiger partial charge in [-0.15, -0.1) is 0 Å². The van der Waals surface area contributed by atoms with Gasteiger partial charge < -0.3 is 10.0 Å². The molecule has 2 heterocycles. The maximum absolute atomic E-state index is 10.4. The molecule has 0 aliphatic rings. The van der Waals surface area contributed by atoms with Crippen molar-refractivity contribution >= 4 is 11.6 Å². The summed E-state index contributed by atoms with van der Waals surface area (Å²) in [4.78, 5) is 6.28. The minimum absolute atomic E-state index is 0.425. The summed E-state index contributed by atoms with van der Waals surface area (Å²) in [6, 6.07) is 5.64. The molecule has 2 aromatic heterocycles. The molecule has 0 amide bonds. The van der Waals surface area contributed by atoms with Gasteiger partial charge in [0.15, 0.2) is 0 Å². The van der Waals surface area contributed by atoms with Crippen LogP contribution >= 0.6 is 11.6 Å². The monoisotopic (exact) mass is 294 g/mol. The summed E-state index contributed by atoms with van der Waals surface area (Å²) in [7, 11) is 3.99. The molecule has 20 heavy (non-hydrogen) atoms. The van der Waals surface area contributed by atoms with Crippen molar-refractivity contribution in [3.05, 3.63) is 47.0 Å². The van der Waals surface area contributed by atoms with Gasteiger partial charge in [0.25, 0.3) is 0 Å². The van der Waals surface area contributed by atoms with E-state index >= 15 is 0 Å². The van der Waals surface area contributed by atoms with E-state index in [1.54, 1.807) is 17.1 Å². The highest BCUT2D eigenvalue weighted by Crippen LogP contribution is 2.25. The fourth-order valence-electron chi connectivity index (χ4n) is 1.99. The van der Waals surface area contributed by atoms with Crippen molar-refractivity contribution in [1.82, 2.24) is 19.7 Å². The Morgan fingerprint density at radius 2 is 2.20 bits per heavy atom. The van der Waals surface area contributed by atoms with Crippen LogP contribution in [0.3, 0.4) is 0 Å². The summed E-state index contributed by atoms with van der Waals surface area (Å²) in [6.45, 7) is 1.52. The van der Waals surface area contributed by atoms with Crippen LogP contribution in [-0.4, -0.2) is 45.4 Å². The summed E-state index contributed by atoms with van der Waals surface area (Å²) in [5.41, 5.74) is 1.48. The molecule has 1 unspecified atom stereocenters. The van der Waals surface area contributed by atoms with Crippen LogP contribution in [0.25, 0.3) is 0 Å². The number of pyridine rings is 1. The summed E-state index contributed by atoms with van der Waals surface area (Å²) in [5, 5.41) is 15.1. The van der Waals surface area contributed by atoms with Crippen LogP contribution in [0.1, 0.15) is 17.5 Å². The number of hydrogen-bond donors (Lipinski definition) is 1. The highest BCUT2D eigenvalue weighted by atomic mass is 35.5. The van der Waals surface area contributed by atoms with Crippen molar-refractivity contribution in [3.8, 4) is 0 Å². The fraction of sp³-hybridized carbons (Fsp3) is 0.429. The van der Waals surface area contributed by atoms with Crippen LogP contribution in [0.4, 0.5) is 0 Å². The highest BCUT2D eigenvalue weighted by molar-refractivity contribution is 6.31. The Morgan fingerprint density at radius 1 is 1.40 bits per heavy atom. The fourth-order valence-corrected chi connectivity index (χ4v) is 2.26. The minimum atomic E-state index is -0.706. The zero-order chi connectivity index (χ0) is 14.5. The van der Waals surface area contributed by atoms with E-state index in [4.69, 9.17) is 11.6 Å². The third kappa shape index (κ3) is 3.79. The van der Waals surface area contributed by atoms with Crippen LogP contribution in [0.2, 0.25) is 5.02 Å². The molecule has 1 atom stereocenters. The standard InChI is InChI=1S/C14H19ClN4O/c1-18(2)7-8-19-14(12(15)10-17-19)13(20)9-11-5-3-4-6-16-11/h3-6,10,13,20H,7-9H2,1-2H3. The van der Waals surface area contributed by atoms with E-state index in [0.29, 0.717) is 23.7 Å². The van der Waals surface area contributed by atoms with Gasteiger partial charge in [-0.1, -0.05) is 17.7 Å². The molecule has 0 bridgehead atoms. The van der Waals surface area contributed by atoms with Crippen LogP contribution in [-0.2, 0) is 13.0 Å². The van der Waals surface area contributed by atoms with Gasteiger partial charge in [0.05, 0.1) is 23.5 Å². The topological polar surface area (TPSA) is 54.2 Å². The Kier molecular flexibility index (Phi) is 5.11. The normalized spacial score (nSPS) is 12.8. The zero-order valence-electron chi connectivity index (χ0n) is 11.7. The number of aliphatic hydroxyl groups is 1. The predicted molar refractivity (Wildman–Crippen MR) is 78.7 cm³/mol. The first-order chi connectivity index (χ1) is 9.58. The molecule has 0 spiro atoms. The third-order valence-corrected chi connectivity index (χ3v) is 3.33. The average molecular weight is 295 g/mol. The minimum Gasteiger partial charge on any atom is -0.386 e. The number of halogens is 1. The number of aliphatic hydroxyl groups excluding tert-OH is 1. The van der Waals surface area contributed by atoms with E-state index in [-0.39, 0.29) is 0 Å². The molecule has 5 nitrogen and oxygen atoms in total. The van der Waals surface area contributed by atoms with Gasteiger partial charge in [0, 0.05) is 24.9 Å². The van der Waals surface area contributed by atoms with Gasteiger partial charge in [-0.3, -0.25) is 9.67 Å². The number of likely N-dealkylation sites (N-methyl/N-ethyl adjacent to an activating group) is 1. The van der Waals surface area contributed by atoms with E-state index in [0.717, 1.165) is 12.2 Å². The molecule has 0 aliphatic carbocycles. The lowest BCUT2D eigenvalue weighted by atomic mass is 10.1. The first kappa shape index (κ1) is 15.0. The highest BCUT2D eigenvalue weighted by Gasteiger charge is 2.19. The maximum atomic E-state index is 10.4. The summed E-state index contributed by atoms with van der Waals surface area (Å²) < 4.78 is 1.76. The van der Waals surface area contributed by atoms with Gasteiger partial charge in [-0.2, -0.15) is 5.10 Å². The molecular formula is C14H19ClN4O. The van der Waals surface area contributed by atoms with E-state index in [2.05, 4.69) is 15.0 Å².